The molecule has 3 aliphatic rings. The van der Waals surface area contributed by atoms with Crippen LogP contribution in [0.5, 0.6) is 0 Å². The summed E-state index contributed by atoms with van der Waals surface area (Å²) in [4.78, 5) is 66.6. The van der Waals surface area contributed by atoms with Crippen molar-refractivity contribution in [2.75, 3.05) is 18.9 Å². The maximum absolute atomic E-state index is 13.1. The highest BCUT2D eigenvalue weighted by Crippen LogP contribution is 2.53. The van der Waals surface area contributed by atoms with E-state index in [1.54, 1.807) is 0 Å². The number of phosphoric ester groups is 2. The fraction of sp³-hybridized carbons (Fsp3) is 0.524. The molecule has 0 saturated carbocycles. The molecule has 248 valence electrons. The Kier molecular flexibility index (Phi) is 7.51. The van der Waals surface area contributed by atoms with Crippen LogP contribution in [0.2, 0.25) is 0 Å². The molecule has 0 amide bonds. The van der Waals surface area contributed by atoms with Gasteiger partial charge in [0, 0.05) is 0 Å². The number of aromatic amines is 2. The summed E-state index contributed by atoms with van der Waals surface area (Å²) in [6.07, 6.45) is -10.6. The van der Waals surface area contributed by atoms with Gasteiger partial charge in [-0.2, -0.15) is 4.98 Å². The van der Waals surface area contributed by atoms with Gasteiger partial charge in [-0.1, -0.05) is 0 Å². The van der Waals surface area contributed by atoms with Gasteiger partial charge in [-0.25, -0.2) is 24.1 Å². The molecule has 3 aliphatic heterocycles. The molecule has 0 bridgehead atoms. The molecule has 4 unspecified atom stereocenters. The third-order valence-corrected chi connectivity index (χ3v) is 9.45. The van der Waals surface area contributed by atoms with E-state index in [-0.39, 0.29) is 34.1 Å². The Balaban J connectivity index is 1.18. The highest BCUT2D eigenvalue weighted by atomic mass is 31.2. The number of hydrogen-bond donors (Lipinski definition) is 7. The van der Waals surface area contributed by atoms with Gasteiger partial charge in [-0.15, -0.1) is 0 Å². The van der Waals surface area contributed by atoms with Gasteiger partial charge in [-0.3, -0.25) is 41.8 Å². The van der Waals surface area contributed by atoms with Gasteiger partial charge in [0.15, 0.2) is 34.8 Å². The second-order valence-electron chi connectivity index (χ2n) is 10.5. The first-order valence-corrected chi connectivity index (χ1v) is 16.3. The molecule has 7 rings (SSSR count). The molecule has 0 radical (unpaired) electrons. The van der Waals surface area contributed by atoms with Crippen molar-refractivity contribution in [1.82, 2.24) is 39.0 Å². The molecule has 8 N–H and O–H groups in total. The van der Waals surface area contributed by atoms with E-state index in [2.05, 4.69) is 29.9 Å². The minimum atomic E-state index is -5.08. The van der Waals surface area contributed by atoms with Crippen molar-refractivity contribution in [3.05, 3.63) is 39.2 Å². The molecule has 4 aromatic heterocycles. The van der Waals surface area contributed by atoms with Crippen LogP contribution >= 0.6 is 15.6 Å². The molecule has 0 aromatic carbocycles. The number of phosphoric acid groups is 2. The smallest absolute Gasteiger partial charge is 0.386 e. The van der Waals surface area contributed by atoms with Gasteiger partial charge in [0.05, 0.1) is 25.9 Å². The van der Waals surface area contributed by atoms with Gasteiger partial charge in [0.1, 0.15) is 42.4 Å². The van der Waals surface area contributed by atoms with E-state index in [0.717, 1.165) is 17.2 Å². The molecule has 3 saturated heterocycles. The number of imidazole rings is 2. The van der Waals surface area contributed by atoms with Crippen molar-refractivity contribution in [3.8, 4) is 0 Å². The number of nitrogens with one attached hydrogen (secondary N) is 2. The number of anilines is 1. The van der Waals surface area contributed by atoms with Crippen molar-refractivity contribution in [1.29, 1.82) is 0 Å². The Labute approximate surface area is 254 Å². The number of nitrogen functional groups attached to an aromatic ring is 1. The molecule has 3 fully saturated rings. The van der Waals surface area contributed by atoms with Crippen molar-refractivity contribution < 1.29 is 56.7 Å². The summed E-state index contributed by atoms with van der Waals surface area (Å²) >= 11 is 0. The Morgan fingerprint density at radius 1 is 0.826 bits per heavy atom. The van der Waals surface area contributed by atoms with Crippen LogP contribution in [0.4, 0.5) is 5.95 Å². The van der Waals surface area contributed by atoms with Crippen LogP contribution < -0.4 is 16.9 Å². The monoisotopic (exact) mass is 689 g/mol. The number of aliphatic hydroxyl groups is 2. The molecule has 25 heteroatoms. The van der Waals surface area contributed by atoms with E-state index in [4.69, 9.17) is 33.3 Å². The lowest BCUT2D eigenvalue weighted by atomic mass is 10.1. The average molecular weight is 689 g/mol. The van der Waals surface area contributed by atoms with Crippen LogP contribution in [0, 0.1) is 6.92 Å². The second kappa shape index (κ2) is 11.1. The van der Waals surface area contributed by atoms with Crippen LogP contribution in [0.1, 0.15) is 18.3 Å². The zero-order chi connectivity index (χ0) is 32.7. The number of ether oxygens (including phenoxy) is 2. The largest absolute Gasteiger partial charge is 0.472 e. The topological polar surface area (TPSA) is 324 Å². The van der Waals surface area contributed by atoms with E-state index in [9.17, 15) is 38.7 Å². The molecule has 0 spiro atoms. The van der Waals surface area contributed by atoms with E-state index in [1.165, 1.54) is 11.5 Å². The lowest BCUT2D eigenvalue weighted by molar-refractivity contribution is -0.0664. The standard InChI is InChI=1S/C21H25N9O14P2/c1-6-25-15-9(17(33)26-6)23-4-29(15)19-11(31)13-7(41-19)2-39-46(37,38)44-14-8(3-40-45(35,36)43-13)42-20(12(14)32)30-5-24-10-16(30)27-21(22)28-18(10)34/h4-5,7-8,11-14,19-20,31-32H,2-3H2,1H3,(H,35,36)(H,37,38)(H,25,26,33)(H3,22,27,28,34)/t7-,8-,11-,12-,13?,14?,19+,20+/m0/s1. The summed E-state index contributed by atoms with van der Waals surface area (Å²) in [6, 6.07) is 0. The fourth-order valence-corrected chi connectivity index (χ4v) is 7.41. The minimum absolute atomic E-state index is 0.00445. The molecular formula is C21H25N9O14P2. The molecular weight excluding hydrogens is 664 g/mol. The third-order valence-electron chi connectivity index (χ3n) is 7.48. The lowest BCUT2D eigenvalue weighted by Crippen LogP contribution is -2.39. The Hall–Kier alpha value is -3.44. The molecule has 4 aromatic rings. The predicted octanol–water partition coefficient (Wildman–Crippen LogP) is -2.32. The zero-order valence-corrected chi connectivity index (χ0v) is 25.0. The molecule has 0 aliphatic carbocycles. The number of nitrogens with two attached hydrogens (primary N) is 1. The second-order valence-corrected chi connectivity index (χ2v) is 13.3. The van der Waals surface area contributed by atoms with Crippen LogP contribution in [0.25, 0.3) is 22.3 Å². The average Bonchev–Trinajstić information content (AvgIpc) is 3.72. The van der Waals surface area contributed by atoms with Crippen molar-refractivity contribution in [2.24, 2.45) is 0 Å². The van der Waals surface area contributed by atoms with E-state index < -0.39 is 89.1 Å². The maximum Gasteiger partial charge on any atom is 0.472 e. The predicted molar refractivity (Wildman–Crippen MR) is 147 cm³/mol. The summed E-state index contributed by atoms with van der Waals surface area (Å²) < 4.78 is 60.8. The summed E-state index contributed by atoms with van der Waals surface area (Å²) in [6.45, 7) is -0.192. The number of aliphatic hydroxyl groups excluding tert-OH is 2. The van der Waals surface area contributed by atoms with E-state index >= 15 is 0 Å². The molecule has 46 heavy (non-hydrogen) atoms. The van der Waals surface area contributed by atoms with Gasteiger partial charge in [-0.05, 0) is 6.92 Å². The van der Waals surface area contributed by atoms with Crippen LogP contribution in [-0.4, -0.2) is 109 Å². The number of aromatic nitrogens is 8. The quantitative estimate of drug-likeness (QED) is 0.109. The summed E-state index contributed by atoms with van der Waals surface area (Å²) in [7, 11) is -10.2. The van der Waals surface area contributed by atoms with E-state index in [1.807, 2.05) is 0 Å². The van der Waals surface area contributed by atoms with E-state index in [0.29, 0.717) is 0 Å². The highest BCUT2D eigenvalue weighted by Gasteiger charge is 2.54. The molecule has 23 nitrogen and oxygen atoms in total. The maximum atomic E-state index is 13.1. The van der Waals surface area contributed by atoms with Crippen LogP contribution in [0.15, 0.2) is 22.2 Å². The van der Waals surface area contributed by atoms with Crippen LogP contribution in [-0.2, 0) is 36.7 Å². The number of rotatable bonds is 2. The molecule has 10 atom stereocenters. The first-order valence-electron chi connectivity index (χ1n) is 13.4. The number of nitrogens with zero attached hydrogens (tertiary/aromatic N) is 6. The first kappa shape index (κ1) is 31.2. The SMILES string of the molecule is Cc1nc2c(ncn2[C@@H]2O[C@H]3COP(=O)(O)OC4[C@H](COP(=O)(O)OC3[C@@H]2O)O[C@@H](n2cnc3c(=O)[nH]c(N)nc32)[C@H]4O)c(=O)[nH]1. The fourth-order valence-electron chi connectivity index (χ4n) is 5.48. The number of aryl methyl sites for hydroxylation is 1. The first-order chi connectivity index (χ1) is 21.7. The normalized spacial score (nSPS) is 37.2. The van der Waals surface area contributed by atoms with Crippen LogP contribution in [0.3, 0.4) is 0 Å². The number of fused-ring (bicyclic) bond motifs is 4. The Morgan fingerprint density at radius 3 is 1.78 bits per heavy atom. The zero-order valence-electron chi connectivity index (χ0n) is 23.2. The van der Waals surface area contributed by atoms with Crippen molar-refractivity contribution in [2.45, 2.75) is 56.0 Å². The number of hydrogen-bond acceptors (Lipinski definition) is 17. The summed E-state index contributed by atoms with van der Waals surface area (Å²) in [5.74, 6) is -0.0557. The Morgan fingerprint density at radius 2 is 1.28 bits per heavy atom. The van der Waals surface area contributed by atoms with Gasteiger partial charge < -0.3 is 40.2 Å². The number of H-pyrrole nitrogens is 2. The van der Waals surface area contributed by atoms with Gasteiger partial charge >= 0.3 is 15.6 Å². The minimum Gasteiger partial charge on any atom is -0.386 e. The van der Waals surface area contributed by atoms with Crippen molar-refractivity contribution in [3.63, 3.8) is 0 Å². The molecule has 7 heterocycles. The van der Waals surface area contributed by atoms with Gasteiger partial charge in [0.2, 0.25) is 5.95 Å². The van der Waals surface area contributed by atoms with Crippen molar-refractivity contribution >= 4 is 43.9 Å². The summed E-state index contributed by atoms with van der Waals surface area (Å²) in [5.41, 5.74) is 4.01. The highest BCUT2D eigenvalue weighted by molar-refractivity contribution is 7.47. The lowest BCUT2D eigenvalue weighted by Gasteiger charge is -2.27. The van der Waals surface area contributed by atoms with Gasteiger partial charge in [0.25, 0.3) is 11.1 Å². The summed E-state index contributed by atoms with van der Waals surface area (Å²) in [5, 5.41) is 22.3. The Bertz CT molecular complexity index is 1900. The third kappa shape index (κ3) is 5.39.